The summed E-state index contributed by atoms with van der Waals surface area (Å²) in [6.45, 7) is 3.66. The Morgan fingerprint density at radius 2 is 2.05 bits per heavy atom. The molecule has 1 aromatic rings. The lowest BCUT2D eigenvalue weighted by Gasteiger charge is -2.26. The fraction of sp³-hybridized carbons (Fsp3) is 0.556. The van der Waals surface area contributed by atoms with Crippen molar-refractivity contribution in [1.29, 1.82) is 0 Å². The summed E-state index contributed by atoms with van der Waals surface area (Å²) in [5, 5.41) is 0.929. The normalized spacial score (nSPS) is 19.3. The van der Waals surface area contributed by atoms with Gasteiger partial charge in [0.25, 0.3) is 0 Å². The minimum Gasteiger partial charge on any atom is -0.289 e. The number of aliphatic imine (C=N–C) groups is 1. The average molecular weight is 316 g/mol. The highest BCUT2D eigenvalue weighted by Crippen LogP contribution is 2.28. The molecule has 1 aliphatic carbocycles. The molecule has 1 saturated carbocycles. The molecule has 1 aliphatic heterocycles. The topological polar surface area (TPSA) is 32.7 Å². The highest BCUT2D eigenvalue weighted by molar-refractivity contribution is 8.13. The molecule has 3 rings (SSSR count). The minimum absolute atomic E-state index is 0.233. The number of benzene rings is 1. The van der Waals surface area contributed by atoms with Crippen LogP contribution < -0.4 is 0 Å². The lowest BCUT2D eigenvalue weighted by Crippen LogP contribution is -2.38. The Morgan fingerprint density at radius 1 is 1.27 bits per heavy atom. The van der Waals surface area contributed by atoms with Crippen LogP contribution in [0.1, 0.15) is 43.2 Å². The zero-order valence-electron chi connectivity index (χ0n) is 13.3. The van der Waals surface area contributed by atoms with E-state index in [-0.39, 0.29) is 5.92 Å². The summed E-state index contributed by atoms with van der Waals surface area (Å²) in [6.07, 6.45) is 5.81. The molecule has 0 bridgehead atoms. The average Bonchev–Trinajstić information content (AvgIpc) is 3.03. The predicted octanol–water partition coefficient (Wildman–Crippen LogP) is 4.01. The molecule has 0 spiro atoms. The molecule has 22 heavy (non-hydrogen) atoms. The van der Waals surface area contributed by atoms with E-state index in [1.807, 2.05) is 4.90 Å². The van der Waals surface area contributed by atoms with Crippen molar-refractivity contribution in [3.8, 4) is 0 Å². The zero-order chi connectivity index (χ0) is 15.4. The Labute approximate surface area is 137 Å². The van der Waals surface area contributed by atoms with Crippen LogP contribution in [-0.2, 0) is 10.5 Å². The van der Waals surface area contributed by atoms with E-state index in [2.05, 4.69) is 36.2 Å². The maximum absolute atomic E-state index is 12.7. The third-order valence-electron chi connectivity index (χ3n) is 4.64. The Hall–Kier alpha value is -1.29. The molecular weight excluding hydrogens is 292 g/mol. The van der Waals surface area contributed by atoms with Crippen molar-refractivity contribution < 1.29 is 4.79 Å². The monoisotopic (exact) mass is 316 g/mol. The number of nitrogens with zero attached hydrogens (tertiary/aromatic N) is 2. The quantitative estimate of drug-likeness (QED) is 0.844. The maximum Gasteiger partial charge on any atom is 0.231 e. The van der Waals surface area contributed by atoms with Crippen molar-refractivity contribution in [2.75, 3.05) is 13.1 Å². The molecule has 2 aliphatic rings. The highest BCUT2D eigenvalue weighted by Gasteiger charge is 2.30. The number of aryl methyl sites for hydroxylation is 1. The van der Waals surface area contributed by atoms with Gasteiger partial charge in [-0.2, -0.15) is 0 Å². The van der Waals surface area contributed by atoms with Gasteiger partial charge in [-0.15, -0.1) is 0 Å². The Balaban J connectivity index is 1.61. The molecule has 0 radical (unpaired) electrons. The van der Waals surface area contributed by atoms with Crippen LogP contribution in [0.25, 0.3) is 0 Å². The summed E-state index contributed by atoms with van der Waals surface area (Å²) in [6, 6.07) is 8.43. The number of carbonyl (C=O) groups excluding carboxylic acids is 1. The van der Waals surface area contributed by atoms with E-state index in [0.29, 0.717) is 5.91 Å². The van der Waals surface area contributed by atoms with Crippen LogP contribution in [0, 0.1) is 12.8 Å². The number of amides is 1. The summed E-state index contributed by atoms with van der Waals surface area (Å²) < 4.78 is 0. The van der Waals surface area contributed by atoms with Crippen molar-refractivity contribution in [2.24, 2.45) is 10.9 Å². The molecule has 4 heteroatoms. The lowest BCUT2D eigenvalue weighted by atomic mass is 9.88. The van der Waals surface area contributed by atoms with Crippen LogP contribution in [0.15, 0.2) is 29.3 Å². The van der Waals surface area contributed by atoms with Gasteiger partial charge in [-0.05, 0) is 30.9 Å². The van der Waals surface area contributed by atoms with E-state index in [1.165, 1.54) is 30.4 Å². The van der Waals surface area contributed by atoms with Gasteiger partial charge in [0.2, 0.25) is 5.91 Å². The van der Waals surface area contributed by atoms with Gasteiger partial charge in [-0.25, -0.2) is 0 Å². The van der Waals surface area contributed by atoms with Gasteiger partial charge in [-0.1, -0.05) is 55.3 Å². The van der Waals surface area contributed by atoms with Crippen molar-refractivity contribution >= 4 is 22.8 Å². The van der Waals surface area contributed by atoms with E-state index in [4.69, 9.17) is 0 Å². The fourth-order valence-electron chi connectivity index (χ4n) is 3.24. The van der Waals surface area contributed by atoms with Crippen LogP contribution in [0.2, 0.25) is 0 Å². The smallest absolute Gasteiger partial charge is 0.231 e. The molecule has 1 aromatic carbocycles. The van der Waals surface area contributed by atoms with Crippen LogP contribution in [0.4, 0.5) is 0 Å². The second-order valence-electron chi connectivity index (χ2n) is 6.20. The van der Waals surface area contributed by atoms with Gasteiger partial charge >= 0.3 is 0 Å². The van der Waals surface area contributed by atoms with Crippen LogP contribution in [0.5, 0.6) is 0 Å². The standard InChI is InChI=1S/C18H24N2OS/c1-14-7-5-6-10-16(14)13-22-18-19-11-12-20(18)17(21)15-8-3-2-4-9-15/h5-7,10,15H,2-4,8-9,11-13H2,1H3. The number of hydrogen-bond acceptors (Lipinski definition) is 3. The summed E-state index contributed by atoms with van der Waals surface area (Å²) >= 11 is 1.71. The summed E-state index contributed by atoms with van der Waals surface area (Å²) in [5.41, 5.74) is 2.63. The molecule has 3 nitrogen and oxygen atoms in total. The maximum atomic E-state index is 12.7. The van der Waals surface area contributed by atoms with E-state index >= 15 is 0 Å². The number of hydrogen-bond donors (Lipinski definition) is 0. The van der Waals surface area contributed by atoms with E-state index < -0.39 is 0 Å². The molecular formula is C18H24N2OS. The van der Waals surface area contributed by atoms with Gasteiger partial charge in [0, 0.05) is 18.2 Å². The highest BCUT2D eigenvalue weighted by atomic mass is 32.2. The Kier molecular flexibility index (Phi) is 5.19. The predicted molar refractivity (Wildman–Crippen MR) is 93.1 cm³/mol. The number of carbonyl (C=O) groups is 1. The first-order valence-corrected chi connectivity index (χ1v) is 9.27. The van der Waals surface area contributed by atoms with E-state index in [9.17, 15) is 4.79 Å². The van der Waals surface area contributed by atoms with Gasteiger partial charge < -0.3 is 0 Å². The second kappa shape index (κ2) is 7.32. The fourth-order valence-corrected chi connectivity index (χ4v) is 4.37. The van der Waals surface area contributed by atoms with Crippen molar-refractivity contribution in [3.63, 3.8) is 0 Å². The first kappa shape index (κ1) is 15.6. The van der Waals surface area contributed by atoms with Gasteiger partial charge in [0.15, 0.2) is 5.17 Å². The molecule has 118 valence electrons. The lowest BCUT2D eigenvalue weighted by molar-refractivity contribution is -0.132. The summed E-state index contributed by atoms with van der Waals surface area (Å²) in [4.78, 5) is 19.2. The molecule has 0 atom stereocenters. The molecule has 0 unspecified atom stereocenters. The van der Waals surface area contributed by atoms with Crippen LogP contribution >= 0.6 is 11.8 Å². The molecule has 1 fully saturated rings. The number of amidine groups is 1. The van der Waals surface area contributed by atoms with Crippen LogP contribution in [0.3, 0.4) is 0 Å². The van der Waals surface area contributed by atoms with Crippen molar-refractivity contribution in [1.82, 2.24) is 4.90 Å². The van der Waals surface area contributed by atoms with Crippen molar-refractivity contribution in [3.05, 3.63) is 35.4 Å². The molecule has 0 saturated heterocycles. The van der Waals surface area contributed by atoms with Gasteiger partial charge in [-0.3, -0.25) is 14.7 Å². The third-order valence-corrected chi connectivity index (χ3v) is 5.70. The Morgan fingerprint density at radius 3 is 2.82 bits per heavy atom. The molecule has 1 amide bonds. The number of rotatable bonds is 3. The number of thioether (sulfide) groups is 1. The van der Waals surface area contributed by atoms with Crippen molar-refractivity contribution in [2.45, 2.75) is 44.8 Å². The molecule has 0 N–H and O–H groups in total. The zero-order valence-corrected chi connectivity index (χ0v) is 14.1. The molecule has 1 heterocycles. The van der Waals surface area contributed by atoms with E-state index in [1.54, 1.807) is 11.8 Å². The minimum atomic E-state index is 0.233. The largest absolute Gasteiger partial charge is 0.289 e. The third kappa shape index (κ3) is 3.54. The summed E-state index contributed by atoms with van der Waals surface area (Å²) in [7, 11) is 0. The second-order valence-corrected chi connectivity index (χ2v) is 7.15. The van der Waals surface area contributed by atoms with Gasteiger partial charge in [0.1, 0.15) is 0 Å². The molecule has 0 aromatic heterocycles. The van der Waals surface area contributed by atoms with Crippen LogP contribution in [-0.4, -0.2) is 29.1 Å². The van der Waals surface area contributed by atoms with E-state index in [0.717, 1.165) is 36.9 Å². The first-order chi connectivity index (χ1) is 10.8. The first-order valence-electron chi connectivity index (χ1n) is 8.29. The SMILES string of the molecule is Cc1ccccc1CSC1=NCCN1C(=O)C1CCCCC1. The summed E-state index contributed by atoms with van der Waals surface area (Å²) in [5.74, 6) is 1.43. The Bertz CT molecular complexity index is 564. The van der Waals surface area contributed by atoms with Gasteiger partial charge in [0.05, 0.1) is 6.54 Å².